The molecule has 2 nitrogen and oxygen atoms in total. The minimum atomic E-state index is -0.0938. The molecule has 80 valence electrons. The van der Waals surface area contributed by atoms with Crippen LogP contribution in [0.4, 0.5) is 0 Å². The number of nitrogens with one attached hydrogen (secondary N) is 1. The maximum atomic E-state index is 6.05. The van der Waals surface area contributed by atoms with Crippen LogP contribution in [0.15, 0.2) is 18.2 Å². The quantitative estimate of drug-likeness (QED) is 0.486. The molecular weight excluding hydrogens is 231 g/mol. The highest BCUT2D eigenvalue weighted by molar-refractivity contribution is 6.33. The monoisotopic (exact) mass is 242 g/mol. The Morgan fingerprint density at radius 3 is 2.80 bits per heavy atom. The molecule has 0 aromatic heterocycles. The second kappa shape index (κ2) is 5.99. The largest absolute Gasteiger partial charge is 0.271 e. The molecule has 1 atom stereocenters. The van der Waals surface area contributed by atoms with Crippen molar-refractivity contribution in [2.45, 2.75) is 19.4 Å². The molecule has 3 N–H and O–H groups in total. The van der Waals surface area contributed by atoms with Crippen LogP contribution in [0.1, 0.15) is 24.9 Å². The van der Waals surface area contributed by atoms with Crippen molar-refractivity contribution in [1.82, 2.24) is 5.43 Å². The molecule has 0 heterocycles. The molecule has 0 aliphatic rings. The first-order valence-corrected chi connectivity index (χ1v) is 5.25. The lowest BCUT2D eigenvalue weighted by atomic mass is 10.0. The van der Waals surface area contributed by atoms with Crippen LogP contribution < -0.4 is 11.3 Å². The molecule has 0 fully saturated rings. The van der Waals surface area contributed by atoms with Gasteiger partial charge in [-0.3, -0.25) is 11.3 Å². The average molecular weight is 243 g/mol. The number of hydrazine groups is 1. The number of rotatable bonds is 3. The summed E-state index contributed by atoms with van der Waals surface area (Å²) in [6.45, 7) is 1.78. The summed E-state index contributed by atoms with van der Waals surface area (Å²) < 4.78 is 0. The van der Waals surface area contributed by atoms with Crippen LogP contribution in [0.3, 0.4) is 0 Å². The van der Waals surface area contributed by atoms with Crippen LogP contribution in [0.5, 0.6) is 0 Å². The van der Waals surface area contributed by atoms with Crippen molar-refractivity contribution in [3.05, 3.63) is 33.8 Å². The lowest BCUT2D eigenvalue weighted by molar-refractivity contribution is 0.568. The van der Waals surface area contributed by atoms with Gasteiger partial charge in [-0.15, -0.1) is 11.8 Å². The van der Waals surface area contributed by atoms with Gasteiger partial charge in [-0.05, 0) is 30.7 Å². The van der Waals surface area contributed by atoms with Crippen molar-refractivity contribution in [3.8, 4) is 11.8 Å². The van der Waals surface area contributed by atoms with Crippen LogP contribution in [0.2, 0.25) is 10.0 Å². The predicted molar refractivity (Wildman–Crippen MR) is 64.6 cm³/mol. The van der Waals surface area contributed by atoms with Crippen molar-refractivity contribution in [3.63, 3.8) is 0 Å². The standard InChI is InChI=1S/C11H12Cl2N2/c1-2-3-4-11(15-14)9-7-8(12)5-6-10(9)13/h5-7,11,15H,4,14H2,1H3. The first-order chi connectivity index (χ1) is 7.19. The Morgan fingerprint density at radius 2 is 2.20 bits per heavy atom. The number of benzene rings is 1. The highest BCUT2D eigenvalue weighted by atomic mass is 35.5. The minimum absolute atomic E-state index is 0.0938. The summed E-state index contributed by atoms with van der Waals surface area (Å²) in [4.78, 5) is 0. The van der Waals surface area contributed by atoms with Crippen molar-refractivity contribution < 1.29 is 0 Å². The van der Waals surface area contributed by atoms with E-state index in [0.717, 1.165) is 5.56 Å². The van der Waals surface area contributed by atoms with Crippen LogP contribution in [-0.4, -0.2) is 0 Å². The van der Waals surface area contributed by atoms with Gasteiger partial charge in [0.05, 0.1) is 6.04 Å². The summed E-state index contributed by atoms with van der Waals surface area (Å²) in [5.41, 5.74) is 3.55. The van der Waals surface area contributed by atoms with Gasteiger partial charge in [0.2, 0.25) is 0 Å². The summed E-state index contributed by atoms with van der Waals surface area (Å²) in [7, 11) is 0. The maximum absolute atomic E-state index is 6.05. The fourth-order valence-corrected chi connectivity index (χ4v) is 1.67. The van der Waals surface area contributed by atoms with Crippen LogP contribution in [-0.2, 0) is 0 Å². The highest BCUT2D eigenvalue weighted by Crippen LogP contribution is 2.27. The number of hydrogen-bond donors (Lipinski definition) is 2. The second-order valence-electron chi connectivity index (χ2n) is 3.02. The van der Waals surface area contributed by atoms with Gasteiger partial charge in [0.25, 0.3) is 0 Å². The average Bonchev–Trinajstić information content (AvgIpc) is 2.24. The Hall–Kier alpha value is -0.720. The van der Waals surface area contributed by atoms with E-state index < -0.39 is 0 Å². The van der Waals surface area contributed by atoms with E-state index >= 15 is 0 Å². The van der Waals surface area contributed by atoms with Gasteiger partial charge in [0.1, 0.15) is 0 Å². The molecule has 0 saturated heterocycles. The highest BCUT2D eigenvalue weighted by Gasteiger charge is 2.12. The van der Waals surface area contributed by atoms with E-state index in [2.05, 4.69) is 17.3 Å². The van der Waals surface area contributed by atoms with Gasteiger partial charge in [0.15, 0.2) is 0 Å². The Balaban J connectivity index is 2.98. The summed E-state index contributed by atoms with van der Waals surface area (Å²) in [6, 6.07) is 5.20. The molecule has 4 heteroatoms. The smallest absolute Gasteiger partial charge is 0.0584 e. The molecule has 1 rings (SSSR count). The van der Waals surface area contributed by atoms with Gasteiger partial charge in [-0.25, -0.2) is 0 Å². The molecule has 0 saturated carbocycles. The molecule has 0 radical (unpaired) electrons. The van der Waals surface area contributed by atoms with E-state index in [9.17, 15) is 0 Å². The first-order valence-electron chi connectivity index (χ1n) is 4.49. The topological polar surface area (TPSA) is 38.0 Å². The molecule has 1 unspecified atom stereocenters. The molecule has 0 aliphatic carbocycles. The molecule has 0 bridgehead atoms. The second-order valence-corrected chi connectivity index (χ2v) is 3.86. The molecule has 15 heavy (non-hydrogen) atoms. The molecular formula is C11H12Cl2N2. The number of hydrogen-bond acceptors (Lipinski definition) is 2. The SMILES string of the molecule is CC#CCC(NN)c1cc(Cl)ccc1Cl. The van der Waals surface area contributed by atoms with Crippen LogP contribution in [0, 0.1) is 11.8 Å². The molecule has 0 amide bonds. The third kappa shape index (κ3) is 3.40. The first kappa shape index (κ1) is 12.4. The Morgan fingerprint density at radius 1 is 1.47 bits per heavy atom. The van der Waals surface area contributed by atoms with E-state index in [4.69, 9.17) is 29.0 Å². The zero-order chi connectivity index (χ0) is 11.3. The minimum Gasteiger partial charge on any atom is -0.271 e. The molecule has 0 spiro atoms. The van der Waals surface area contributed by atoms with E-state index in [0.29, 0.717) is 16.5 Å². The third-order valence-corrected chi connectivity index (χ3v) is 2.60. The Bertz CT molecular complexity index is 393. The fraction of sp³-hybridized carbons (Fsp3) is 0.273. The third-order valence-electron chi connectivity index (χ3n) is 2.02. The lowest BCUT2D eigenvalue weighted by Crippen LogP contribution is -2.27. The van der Waals surface area contributed by atoms with Crippen molar-refractivity contribution >= 4 is 23.2 Å². The Labute approximate surface area is 99.7 Å². The zero-order valence-corrected chi connectivity index (χ0v) is 9.86. The number of nitrogens with two attached hydrogens (primary N) is 1. The van der Waals surface area contributed by atoms with Crippen molar-refractivity contribution in [2.24, 2.45) is 5.84 Å². The van der Waals surface area contributed by atoms with Gasteiger partial charge in [-0.1, -0.05) is 23.2 Å². The van der Waals surface area contributed by atoms with Gasteiger partial charge < -0.3 is 0 Å². The predicted octanol–water partition coefficient (Wildman–Crippen LogP) is 2.91. The van der Waals surface area contributed by atoms with E-state index in [1.165, 1.54) is 0 Å². The molecule has 0 aliphatic heterocycles. The van der Waals surface area contributed by atoms with Crippen molar-refractivity contribution in [1.29, 1.82) is 0 Å². The van der Waals surface area contributed by atoms with E-state index in [1.54, 1.807) is 25.1 Å². The summed E-state index contributed by atoms with van der Waals surface area (Å²) in [6.07, 6.45) is 0.604. The fourth-order valence-electron chi connectivity index (χ4n) is 1.24. The van der Waals surface area contributed by atoms with E-state index in [1.807, 2.05) is 0 Å². The zero-order valence-electron chi connectivity index (χ0n) is 8.35. The van der Waals surface area contributed by atoms with Gasteiger partial charge >= 0.3 is 0 Å². The molecule has 1 aromatic carbocycles. The van der Waals surface area contributed by atoms with Gasteiger partial charge in [-0.2, -0.15) is 0 Å². The summed E-state index contributed by atoms with van der Waals surface area (Å²) >= 11 is 11.9. The Kier molecular flexibility index (Phi) is 4.93. The van der Waals surface area contributed by atoms with Crippen molar-refractivity contribution in [2.75, 3.05) is 0 Å². The maximum Gasteiger partial charge on any atom is 0.0584 e. The van der Waals surface area contributed by atoms with Crippen LogP contribution >= 0.6 is 23.2 Å². The summed E-state index contributed by atoms with van der Waals surface area (Å²) in [5.74, 6) is 11.2. The normalized spacial score (nSPS) is 11.7. The summed E-state index contributed by atoms with van der Waals surface area (Å²) in [5, 5.41) is 1.28. The molecule has 1 aromatic rings. The number of halogens is 2. The van der Waals surface area contributed by atoms with Crippen LogP contribution in [0.25, 0.3) is 0 Å². The lowest BCUT2D eigenvalue weighted by Gasteiger charge is -2.15. The van der Waals surface area contributed by atoms with E-state index in [-0.39, 0.29) is 6.04 Å². The van der Waals surface area contributed by atoms with Gasteiger partial charge in [0, 0.05) is 16.5 Å².